The molecule has 0 fully saturated rings. The number of carboxylic acids is 1. The van der Waals surface area contributed by atoms with Gasteiger partial charge in [0.05, 0.1) is 4.92 Å². The number of nitrogens with one attached hydrogen (secondary N) is 1. The van der Waals surface area contributed by atoms with Crippen molar-refractivity contribution < 1.29 is 24.7 Å². The van der Waals surface area contributed by atoms with Crippen molar-refractivity contribution >= 4 is 17.6 Å². The van der Waals surface area contributed by atoms with Crippen LogP contribution in [0.2, 0.25) is 0 Å². The number of aromatic nitrogens is 2. The molecule has 0 radical (unpaired) electrons. The van der Waals surface area contributed by atoms with E-state index in [1.165, 1.54) is 0 Å². The van der Waals surface area contributed by atoms with Crippen molar-refractivity contribution in [1.82, 2.24) is 15.1 Å². The van der Waals surface area contributed by atoms with E-state index < -0.39 is 22.9 Å². The van der Waals surface area contributed by atoms with Gasteiger partial charge in [0.2, 0.25) is 5.91 Å². The minimum atomic E-state index is -1.54. The lowest BCUT2D eigenvalue weighted by Crippen LogP contribution is -2.32. The topological polar surface area (TPSA) is 148 Å². The van der Waals surface area contributed by atoms with Gasteiger partial charge in [-0.25, -0.2) is 4.79 Å². The van der Waals surface area contributed by atoms with Crippen LogP contribution in [0, 0.1) is 10.1 Å². The number of aliphatic carboxylic acids is 1. The fourth-order valence-corrected chi connectivity index (χ4v) is 1.21. The van der Waals surface area contributed by atoms with Crippen molar-refractivity contribution in [3.63, 3.8) is 0 Å². The van der Waals surface area contributed by atoms with E-state index in [9.17, 15) is 19.7 Å². The van der Waals surface area contributed by atoms with E-state index >= 15 is 0 Å². The fourth-order valence-electron chi connectivity index (χ4n) is 1.21. The monoisotopic (exact) mass is 272 g/mol. The summed E-state index contributed by atoms with van der Waals surface area (Å²) in [5.41, 5.74) is -0.228. The van der Waals surface area contributed by atoms with Gasteiger partial charge in [-0.05, 0) is 0 Å². The molecule has 1 rings (SSSR count). The summed E-state index contributed by atoms with van der Waals surface area (Å²) in [4.78, 5) is 31.4. The van der Waals surface area contributed by atoms with Gasteiger partial charge in [0, 0.05) is 13.0 Å². The molecule has 0 aliphatic rings. The lowest BCUT2D eigenvalue weighted by molar-refractivity contribution is -0.385. The van der Waals surface area contributed by atoms with Crippen LogP contribution in [-0.4, -0.2) is 49.4 Å². The first kappa shape index (κ1) is 14.6. The normalized spacial score (nSPS) is 11.8. The Morgan fingerprint density at radius 3 is 2.79 bits per heavy atom. The highest BCUT2D eigenvalue weighted by molar-refractivity contribution is 5.76. The van der Waals surface area contributed by atoms with E-state index in [4.69, 9.17) is 10.2 Å². The van der Waals surface area contributed by atoms with Gasteiger partial charge in [-0.3, -0.25) is 19.6 Å². The summed E-state index contributed by atoms with van der Waals surface area (Å²) in [6.45, 7) is -0.243. The Balaban J connectivity index is 2.34. The van der Waals surface area contributed by atoms with Crippen LogP contribution in [0.3, 0.4) is 0 Å². The number of carboxylic acid groups (broad SMARTS) is 1. The zero-order chi connectivity index (χ0) is 14.4. The summed E-state index contributed by atoms with van der Waals surface area (Å²) in [6.07, 6.45) is 0.457. The quantitative estimate of drug-likeness (QED) is 0.414. The number of aliphatic hydroxyl groups excluding tert-OH is 1. The molecule has 0 aliphatic carbocycles. The van der Waals surface area contributed by atoms with Crippen LogP contribution in [0.15, 0.2) is 12.4 Å². The third kappa shape index (κ3) is 4.71. The predicted molar refractivity (Wildman–Crippen MR) is 60.2 cm³/mol. The van der Waals surface area contributed by atoms with Crippen molar-refractivity contribution in [1.29, 1.82) is 0 Å². The third-order valence-corrected chi connectivity index (χ3v) is 2.16. The second-order valence-electron chi connectivity index (χ2n) is 3.65. The molecule has 10 nitrogen and oxygen atoms in total. The minimum absolute atomic E-state index is 0.0182. The van der Waals surface area contributed by atoms with Gasteiger partial charge in [-0.2, -0.15) is 5.10 Å². The number of carbonyl (C=O) groups is 2. The maximum atomic E-state index is 11.4. The van der Waals surface area contributed by atoms with Gasteiger partial charge in [0.1, 0.15) is 18.9 Å². The number of carbonyl (C=O) groups excluding carboxylic acids is 1. The Bertz CT molecular complexity index is 485. The zero-order valence-electron chi connectivity index (χ0n) is 9.72. The minimum Gasteiger partial charge on any atom is -0.479 e. The second-order valence-corrected chi connectivity index (χ2v) is 3.65. The fraction of sp³-hybridized carbons (Fsp3) is 0.444. The van der Waals surface area contributed by atoms with Gasteiger partial charge in [0.25, 0.3) is 0 Å². The highest BCUT2D eigenvalue weighted by Gasteiger charge is 2.14. The van der Waals surface area contributed by atoms with Crippen molar-refractivity contribution in [2.45, 2.75) is 19.1 Å². The maximum Gasteiger partial charge on any atom is 0.332 e. The molecule has 19 heavy (non-hydrogen) atoms. The van der Waals surface area contributed by atoms with Crippen molar-refractivity contribution in [3.8, 4) is 0 Å². The number of aliphatic hydroxyl groups is 1. The molecule has 0 saturated carbocycles. The summed E-state index contributed by atoms with van der Waals surface area (Å²) in [6, 6.07) is 0. The molecule has 1 aromatic heterocycles. The van der Waals surface area contributed by atoms with Gasteiger partial charge >= 0.3 is 11.7 Å². The maximum absolute atomic E-state index is 11.4. The smallest absolute Gasteiger partial charge is 0.332 e. The van der Waals surface area contributed by atoms with Gasteiger partial charge in [0.15, 0.2) is 6.10 Å². The largest absolute Gasteiger partial charge is 0.479 e. The number of hydrogen-bond donors (Lipinski definition) is 3. The van der Waals surface area contributed by atoms with Gasteiger partial charge in [-0.1, -0.05) is 0 Å². The first-order valence-corrected chi connectivity index (χ1v) is 5.24. The van der Waals surface area contributed by atoms with E-state index in [1.807, 2.05) is 0 Å². The SMILES string of the molecule is O=C(Cn1cc([N+](=O)[O-])cn1)NCC[C@H](O)C(=O)O. The molecule has 10 heteroatoms. The highest BCUT2D eigenvalue weighted by atomic mass is 16.6. The Morgan fingerprint density at radius 1 is 1.58 bits per heavy atom. The molecule has 0 saturated heterocycles. The summed E-state index contributed by atoms with van der Waals surface area (Å²) in [5.74, 6) is -1.85. The molecule has 1 aromatic rings. The van der Waals surface area contributed by atoms with Crippen LogP contribution >= 0.6 is 0 Å². The summed E-state index contributed by atoms with van der Waals surface area (Å²) >= 11 is 0. The molecule has 0 aliphatic heterocycles. The van der Waals surface area contributed by atoms with Gasteiger partial charge < -0.3 is 15.5 Å². The Hall–Kier alpha value is -2.49. The number of nitro groups is 1. The number of nitrogens with zero attached hydrogens (tertiary/aromatic N) is 3. The average molecular weight is 272 g/mol. The van der Waals surface area contributed by atoms with E-state index in [0.29, 0.717) is 0 Å². The summed E-state index contributed by atoms with van der Waals surface area (Å²) in [7, 11) is 0. The molecular weight excluding hydrogens is 260 g/mol. The molecule has 1 atom stereocenters. The van der Waals surface area contributed by atoms with Crippen molar-refractivity contribution in [2.75, 3.05) is 6.54 Å². The lowest BCUT2D eigenvalue weighted by Gasteiger charge is -2.07. The van der Waals surface area contributed by atoms with Gasteiger partial charge in [-0.15, -0.1) is 0 Å². The van der Waals surface area contributed by atoms with Crippen LogP contribution < -0.4 is 5.32 Å². The lowest BCUT2D eigenvalue weighted by atomic mass is 10.2. The highest BCUT2D eigenvalue weighted by Crippen LogP contribution is 2.07. The van der Waals surface area contributed by atoms with E-state index in [1.54, 1.807) is 0 Å². The molecule has 0 spiro atoms. The van der Waals surface area contributed by atoms with Crippen LogP contribution in [0.5, 0.6) is 0 Å². The van der Waals surface area contributed by atoms with Crippen LogP contribution in [0.4, 0.5) is 5.69 Å². The van der Waals surface area contributed by atoms with Crippen LogP contribution in [0.25, 0.3) is 0 Å². The van der Waals surface area contributed by atoms with Crippen molar-refractivity contribution in [3.05, 3.63) is 22.5 Å². The molecule has 0 unspecified atom stereocenters. The zero-order valence-corrected chi connectivity index (χ0v) is 9.72. The van der Waals surface area contributed by atoms with E-state index in [2.05, 4.69) is 10.4 Å². The number of hydrogen-bond acceptors (Lipinski definition) is 6. The number of rotatable bonds is 7. The molecule has 0 aromatic carbocycles. The van der Waals surface area contributed by atoms with Crippen LogP contribution in [0.1, 0.15) is 6.42 Å². The first-order valence-electron chi connectivity index (χ1n) is 5.24. The molecule has 1 heterocycles. The average Bonchev–Trinajstić information content (AvgIpc) is 2.77. The predicted octanol–water partition coefficient (Wildman–Crippen LogP) is -1.26. The van der Waals surface area contributed by atoms with Crippen LogP contribution in [-0.2, 0) is 16.1 Å². The Morgan fingerprint density at radius 2 is 2.26 bits per heavy atom. The Labute approximate surface area is 106 Å². The first-order chi connectivity index (χ1) is 8.90. The molecule has 3 N–H and O–H groups in total. The second kappa shape index (κ2) is 6.44. The molecular formula is C9H12N4O6. The molecule has 104 valence electrons. The number of amides is 1. The third-order valence-electron chi connectivity index (χ3n) is 2.16. The summed E-state index contributed by atoms with van der Waals surface area (Å²) in [5, 5.41) is 33.7. The Kier molecular flexibility index (Phi) is 4.94. The molecule has 0 bridgehead atoms. The standard InChI is InChI=1S/C9H12N4O6/c14-7(9(16)17)1-2-10-8(15)5-12-4-6(3-11-12)13(18)19/h3-4,7,14H,1-2,5H2,(H,10,15)(H,16,17)/t7-/m0/s1. The van der Waals surface area contributed by atoms with Crippen molar-refractivity contribution in [2.24, 2.45) is 0 Å². The summed E-state index contributed by atoms with van der Waals surface area (Å²) < 4.78 is 1.08. The van der Waals surface area contributed by atoms with E-state index in [-0.39, 0.29) is 25.2 Å². The molecule has 1 amide bonds. The van der Waals surface area contributed by atoms with E-state index in [0.717, 1.165) is 17.1 Å².